The molecular formula is C20H27NO5S2. The lowest BCUT2D eigenvalue weighted by atomic mass is 10.0. The van der Waals surface area contributed by atoms with Gasteiger partial charge in [-0.1, -0.05) is 26.0 Å². The molecule has 1 heterocycles. The zero-order valence-corrected chi connectivity index (χ0v) is 17.8. The van der Waals surface area contributed by atoms with Gasteiger partial charge in [0.1, 0.15) is 6.04 Å². The molecule has 6 nitrogen and oxygen atoms in total. The molecule has 0 aliphatic rings. The highest BCUT2D eigenvalue weighted by Crippen LogP contribution is 2.24. The van der Waals surface area contributed by atoms with Crippen LogP contribution in [0.1, 0.15) is 25.8 Å². The fourth-order valence-electron chi connectivity index (χ4n) is 3.00. The van der Waals surface area contributed by atoms with Crippen molar-refractivity contribution in [2.45, 2.75) is 32.1 Å². The first-order valence-corrected chi connectivity index (χ1v) is 11.6. The molecule has 28 heavy (non-hydrogen) atoms. The monoisotopic (exact) mass is 425 g/mol. The highest BCUT2D eigenvalue weighted by molar-refractivity contribution is 7.88. The van der Waals surface area contributed by atoms with E-state index in [9.17, 15) is 18.3 Å². The molecule has 0 radical (unpaired) electrons. The highest BCUT2D eigenvalue weighted by atomic mass is 32.2. The van der Waals surface area contributed by atoms with Gasteiger partial charge < -0.3 is 9.84 Å². The van der Waals surface area contributed by atoms with E-state index in [0.717, 1.165) is 14.4 Å². The van der Waals surface area contributed by atoms with E-state index < -0.39 is 22.0 Å². The van der Waals surface area contributed by atoms with Crippen LogP contribution in [0.25, 0.3) is 10.1 Å². The number of ether oxygens (including phenoxy) is 1. The van der Waals surface area contributed by atoms with Crippen LogP contribution in [0.3, 0.4) is 0 Å². The summed E-state index contributed by atoms with van der Waals surface area (Å²) >= 11 is 1.59. The first-order valence-electron chi connectivity index (χ1n) is 9.11. The number of carboxylic acids is 1. The summed E-state index contributed by atoms with van der Waals surface area (Å²) in [5.41, 5.74) is 0.636. The molecule has 0 amide bonds. The van der Waals surface area contributed by atoms with Gasteiger partial charge in [0.05, 0.1) is 19.0 Å². The lowest BCUT2D eigenvalue weighted by molar-refractivity contribution is -0.142. The van der Waals surface area contributed by atoms with Crippen LogP contribution in [-0.4, -0.2) is 49.6 Å². The summed E-state index contributed by atoms with van der Waals surface area (Å²) in [5.74, 6) is -1.35. The van der Waals surface area contributed by atoms with Crippen LogP contribution in [0.5, 0.6) is 0 Å². The number of aliphatic carboxylic acids is 1. The van der Waals surface area contributed by atoms with Gasteiger partial charge in [0.2, 0.25) is 10.0 Å². The molecule has 1 atom stereocenters. The van der Waals surface area contributed by atoms with E-state index in [1.807, 2.05) is 37.4 Å². The minimum atomic E-state index is -3.85. The Morgan fingerprint density at radius 1 is 1.36 bits per heavy atom. The van der Waals surface area contributed by atoms with Crippen LogP contribution in [0.2, 0.25) is 0 Å². The molecule has 1 N–H and O–H groups in total. The van der Waals surface area contributed by atoms with Gasteiger partial charge in [0.25, 0.3) is 0 Å². The third kappa shape index (κ3) is 6.13. The number of fused-ring (bicyclic) bond motifs is 1. The molecule has 1 aromatic carbocycles. The fraction of sp³-hybridized carbons (Fsp3) is 0.450. The van der Waals surface area contributed by atoms with Crippen molar-refractivity contribution in [2.75, 3.05) is 19.8 Å². The first kappa shape index (κ1) is 22.5. The Morgan fingerprint density at radius 2 is 2.11 bits per heavy atom. The summed E-state index contributed by atoms with van der Waals surface area (Å²) < 4.78 is 33.8. The number of thiophene rings is 1. The van der Waals surface area contributed by atoms with Crippen molar-refractivity contribution in [1.29, 1.82) is 0 Å². The van der Waals surface area contributed by atoms with Crippen molar-refractivity contribution in [2.24, 2.45) is 5.92 Å². The van der Waals surface area contributed by atoms with Crippen molar-refractivity contribution < 1.29 is 23.1 Å². The van der Waals surface area contributed by atoms with E-state index in [1.54, 1.807) is 23.5 Å². The normalized spacial score (nSPS) is 13.3. The summed E-state index contributed by atoms with van der Waals surface area (Å²) in [6.07, 6.45) is 1.80. The maximum Gasteiger partial charge on any atom is 0.322 e. The number of hydrogen-bond donors (Lipinski definition) is 1. The van der Waals surface area contributed by atoms with Gasteiger partial charge in [-0.3, -0.25) is 4.79 Å². The standard InChI is InChI=1S/C20H27NO5S2/c1-4-9-26-10-8-21(18(20(22)23)12-15(2)3)28(24,25)14-16-5-6-19-17(13-16)7-11-27-19/h4-7,11,13,15,18H,1,8-10,12,14H2,2-3H3,(H,22,23). The predicted octanol–water partition coefficient (Wildman–Crippen LogP) is 3.74. The average molecular weight is 426 g/mol. The van der Waals surface area contributed by atoms with Crippen LogP contribution in [-0.2, 0) is 25.3 Å². The Kier molecular flexibility index (Phi) is 8.18. The van der Waals surface area contributed by atoms with Crippen LogP contribution >= 0.6 is 11.3 Å². The molecule has 0 saturated carbocycles. The minimum Gasteiger partial charge on any atom is -0.480 e. The van der Waals surface area contributed by atoms with E-state index in [2.05, 4.69) is 6.58 Å². The topological polar surface area (TPSA) is 83.9 Å². The molecule has 0 fully saturated rings. The van der Waals surface area contributed by atoms with Gasteiger partial charge in [0.15, 0.2) is 0 Å². The molecule has 2 aromatic rings. The summed E-state index contributed by atoms with van der Waals surface area (Å²) in [5, 5.41) is 12.6. The zero-order valence-electron chi connectivity index (χ0n) is 16.2. The maximum atomic E-state index is 13.2. The maximum absolute atomic E-state index is 13.2. The van der Waals surface area contributed by atoms with Gasteiger partial charge in [0, 0.05) is 11.2 Å². The van der Waals surface area contributed by atoms with E-state index in [0.29, 0.717) is 5.56 Å². The highest BCUT2D eigenvalue weighted by Gasteiger charge is 2.35. The zero-order chi connectivity index (χ0) is 20.7. The Labute approximate surface area is 170 Å². The molecule has 0 aliphatic heterocycles. The van der Waals surface area contributed by atoms with Gasteiger partial charge in [-0.2, -0.15) is 4.31 Å². The second-order valence-corrected chi connectivity index (χ2v) is 9.88. The Balaban J connectivity index is 2.28. The molecule has 0 saturated heterocycles. The number of hydrogen-bond acceptors (Lipinski definition) is 5. The number of nitrogens with zero attached hydrogens (tertiary/aromatic N) is 1. The van der Waals surface area contributed by atoms with Gasteiger partial charge in [-0.15, -0.1) is 17.9 Å². The summed E-state index contributed by atoms with van der Waals surface area (Å²) in [4.78, 5) is 11.8. The van der Waals surface area contributed by atoms with E-state index in [-0.39, 0.29) is 37.9 Å². The molecule has 2 rings (SSSR count). The van der Waals surface area contributed by atoms with Crippen molar-refractivity contribution in [3.05, 3.63) is 47.9 Å². The van der Waals surface area contributed by atoms with Crippen LogP contribution in [0, 0.1) is 5.92 Å². The van der Waals surface area contributed by atoms with E-state index in [4.69, 9.17) is 4.74 Å². The Hall–Kier alpha value is -1.74. The smallest absolute Gasteiger partial charge is 0.322 e. The molecule has 8 heteroatoms. The Bertz CT molecular complexity index is 904. The number of carbonyl (C=O) groups is 1. The molecular weight excluding hydrogens is 398 g/mol. The van der Waals surface area contributed by atoms with Crippen molar-refractivity contribution in [1.82, 2.24) is 4.31 Å². The van der Waals surface area contributed by atoms with E-state index in [1.165, 1.54) is 0 Å². The molecule has 1 aromatic heterocycles. The predicted molar refractivity (Wildman–Crippen MR) is 113 cm³/mol. The van der Waals surface area contributed by atoms with Crippen LogP contribution in [0.15, 0.2) is 42.3 Å². The average Bonchev–Trinajstić information content (AvgIpc) is 3.07. The molecule has 0 aliphatic carbocycles. The number of sulfonamides is 1. The molecule has 1 unspecified atom stereocenters. The van der Waals surface area contributed by atoms with Crippen LogP contribution < -0.4 is 0 Å². The second-order valence-electron chi connectivity index (χ2n) is 7.01. The van der Waals surface area contributed by atoms with Crippen molar-refractivity contribution in [3.63, 3.8) is 0 Å². The summed E-state index contributed by atoms with van der Waals surface area (Å²) in [6, 6.07) is 6.33. The van der Waals surface area contributed by atoms with Gasteiger partial charge >= 0.3 is 5.97 Å². The second kappa shape index (κ2) is 10.2. The summed E-state index contributed by atoms with van der Waals surface area (Å²) in [6.45, 7) is 7.68. The largest absolute Gasteiger partial charge is 0.480 e. The third-order valence-electron chi connectivity index (χ3n) is 4.24. The third-order valence-corrected chi connectivity index (χ3v) is 6.99. The van der Waals surface area contributed by atoms with E-state index >= 15 is 0 Å². The minimum absolute atomic E-state index is 0.0133. The van der Waals surface area contributed by atoms with Gasteiger partial charge in [-0.05, 0) is 46.9 Å². The summed E-state index contributed by atoms with van der Waals surface area (Å²) in [7, 11) is -3.85. The van der Waals surface area contributed by atoms with Crippen molar-refractivity contribution in [3.8, 4) is 0 Å². The molecule has 0 bridgehead atoms. The number of rotatable bonds is 12. The quantitative estimate of drug-likeness (QED) is 0.414. The molecule has 0 spiro atoms. The number of carboxylic acid groups (broad SMARTS) is 1. The molecule has 154 valence electrons. The van der Waals surface area contributed by atoms with Crippen molar-refractivity contribution >= 4 is 37.4 Å². The first-order chi connectivity index (χ1) is 13.2. The SMILES string of the molecule is C=CCOCCN(C(CC(C)C)C(=O)O)S(=O)(=O)Cc1ccc2sccc2c1. The fourth-order valence-corrected chi connectivity index (χ4v) is 5.45. The Morgan fingerprint density at radius 3 is 2.75 bits per heavy atom. The number of benzene rings is 1. The van der Waals surface area contributed by atoms with Gasteiger partial charge in [-0.25, -0.2) is 8.42 Å². The lowest BCUT2D eigenvalue weighted by Gasteiger charge is -2.29. The van der Waals surface area contributed by atoms with Crippen LogP contribution in [0.4, 0.5) is 0 Å². The lowest BCUT2D eigenvalue weighted by Crippen LogP contribution is -2.47.